The first-order chi connectivity index (χ1) is 17.7. The maximum Gasteiger partial charge on any atom is 0.203 e. The van der Waals surface area contributed by atoms with Crippen molar-refractivity contribution in [3.05, 3.63) is 42.0 Å². The lowest BCUT2D eigenvalue weighted by atomic mass is 9.91. The molecule has 6 rings (SSSR count). The summed E-state index contributed by atoms with van der Waals surface area (Å²) in [7, 11) is 0. The van der Waals surface area contributed by atoms with Gasteiger partial charge in [-0.05, 0) is 44.1 Å². The Morgan fingerprint density at radius 3 is 2.78 bits per heavy atom. The summed E-state index contributed by atoms with van der Waals surface area (Å²) < 4.78 is 42.5. The zero-order valence-corrected chi connectivity index (χ0v) is 20.7. The SMILES string of the molecule is OC1C[C@@H]2[C@@H](C=CCC3OCc4ccccc4O3)[C@H](OC3OCCC[C@H]3OC3CCCCO3)C[C@@H]2O1. The second-order valence-corrected chi connectivity index (χ2v) is 10.5. The smallest absolute Gasteiger partial charge is 0.203 e. The fraction of sp³-hybridized carbons (Fsp3) is 0.714. The van der Waals surface area contributed by atoms with Crippen molar-refractivity contribution in [2.24, 2.45) is 11.8 Å². The van der Waals surface area contributed by atoms with Gasteiger partial charge in [0.05, 0.1) is 18.8 Å². The summed E-state index contributed by atoms with van der Waals surface area (Å²) in [6, 6.07) is 7.98. The Bertz CT molecular complexity index is 886. The molecule has 1 saturated carbocycles. The number of aliphatic hydroxyl groups excluding tert-OH is 1. The maximum atomic E-state index is 10.1. The van der Waals surface area contributed by atoms with E-state index in [1.165, 1.54) is 0 Å². The molecule has 1 N–H and O–H groups in total. The number of aliphatic hydroxyl groups is 1. The van der Waals surface area contributed by atoms with E-state index in [9.17, 15) is 5.11 Å². The van der Waals surface area contributed by atoms with Crippen molar-refractivity contribution in [3.8, 4) is 5.75 Å². The van der Waals surface area contributed by atoms with Crippen molar-refractivity contribution in [2.75, 3.05) is 13.2 Å². The molecule has 3 saturated heterocycles. The van der Waals surface area contributed by atoms with Crippen LogP contribution in [0.15, 0.2) is 36.4 Å². The van der Waals surface area contributed by atoms with E-state index in [4.69, 9.17) is 33.2 Å². The lowest BCUT2D eigenvalue weighted by molar-refractivity contribution is -0.289. The van der Waals surface area contributed by atoms with Crippen LogP contribution in [0.1, 0.15) is 56.9 Å². The van der Waals surface area contributed by atoms with E-state index in [1.807, 2.05) is 24.3 Å². The molecule has 0 amide bonds. The minimum absolute atomic E-state index is 0.0154. The van der Waals surface area contributed by atoms with E-state index in [0.29, 0.717) is 26.1 Å². The van der Waals surface area contributed by atoms with Crippen LogP contribution in [0.4, 0.5) is 0 Å². The Morgan fingerprint density at radius 2 is 1.86 bits per heavy atom. The average molecular weight is 503 g/mol. The van der Waals surface area contributed by atoms with Gasteiger partial charge in [0, 0.05) is 44.0 Å². The largest absolute Gasteiger partial charge is 0.464 e. The van der Waals surface area contributed by atoms with Gasteiger partial charge in [-0.1, -0.05) is 30.4 Å². The first kappa shape index (κ1) is 24.8. The van der Waals surface area contributed by atoms with E-state index in [0.717, 1.165) is 56.4 Å². The summed E-state index contributed by atoms with van der Waals surface area (Å²) in [4.78, 5) is 0. The molecule has 0 radical (unpaired) electrons. The highest BCUT2D eigenvalue weighted by molar-refractivity contribution is 5.33. The Balaban J connectivity index is 1.10. The van der Waals surface area contributed by atoms with Gasteiger partial charge >= 0.3 is 0 Å². The molecule has 1 aromatic carbocycles. The van der Waals surface area contributed by atoms with Gasteiger partial charge < -0.3 is 38.3 Å². The van der Waals surface area contributed by atoms with Gasteiger partial charge in [-0.2, -0.15) is 0 Å². The average Bonchev–Trinajstić information content (AvgIpc) is 3.41. The molecule has 4 unspecified atom stereocenters. The lowest BCUT2D eigenvalue weighted by Gasteiger charge is -2.37. The lowest BCUT2D eigenvalue weighted by Crippen LogP contribution is -2.44. The van der Waals surface area contributed by atoms with Gasteiger partial charge in [-0.3, -0.25) is 0 Å². The Morgan fingerprint density at radius 1 is 0.944 bits per heavy atom. The molecule has 9 atom stereocenters. The normalized spacial score (nSPS) is 40.6. The van der Waals surface area contributed by atoms with Gasteiger partial charge in [0.2, 0.25) is 6.29 Å². The molecule has 4 aliphatic heterocycles. The standard InChI is InChI=1S/C28H38O8/c29-25-15-20-19(8-5-12-27-32-17-18-7-1-2-9-21(18)34-27)23(16-24(20)33-25)36-28-22(10-6-14-31-28)35-26-11-3-4-13-30-26/h1-2,5,7-9,19-20,22-29H,3-4,6,10-17H2/t19-,20-,22-,23-,24+,25?,26?,27?,28?/m1/s1. The molecule has 198 valence electrons. The molecule has 4 fully saturated rings. The third-order valence-electron chi connectivity index (χ3n) is 8.01. The van der Waals surface area contributed by atoms with Crippen LogP contribution in [-0.4, -0.2) is 61.8 Å². The van der Waals surface area contributed by atoms with Gasteiger partial charge in [0.25, 0.3) is 0 Å². The van der Waals surface area contributed by atoms with Crippen molar-refractivity contribution >= 4 is 0 Å². The Hall–Kier alpha value is -1.52. The number of rotatable bonds is 7. The molecule has 8 heteroatoms. The molecule has 0 aromatic heterocycles. The topological polar surface area (TPSA) is 84.8 Å². The maximum absolute atomic E-state index is 10.1. The van der Waals surface area contributed by atoms with Crippen LogP contribution in [0.2, 0.25) is 0 Å². The minimum atomic E-state index is -0.705. The van der Waals surface area contributed by atoms with Crippen LogP contribution in [0.3, 0.4) is 0 Å². The molecule has 36 heavy (non-hydrogen) atoms. The summed E-state index contributed by atoms with van der Waals surface area (Å²) in [5, 5.41) is 10.1. The number of hydrogen-bond donors (Lipinski definition) is 1. The fourth-order valence-electron chi connectivity index (χ4n) is 6.18. The highest BCUT2D eigenvalue weighted by Gasteiger charge is 2.50. The van der Waals surface area contributed by atoms with Crippen molar-refractivity contribution in [1.29, 1.82) is 0 Å². The second kappa shape index (κ2) is 11.5. The van der Waals surface area contributed by atoms with Gasteiger partial charge in [0.1, 0.15) is 11.9 Å². The van der Waals surface area contributed by atoms with E-state index in [2.05, 4.69) is 12.2 Å². The Kier molecular flexibility index (Phi) is 7.90. The zero-order valence-electron chi connectivity index (χ0n) is 20.7. The van der Waals surface area contributed by atoms with Crippen molar-refractivity contribution in [3.63, 3.8) is 0 Å². The van der Waals surface area contributed by atoms with Crippen molar-refractivity contribution in [2.45, 2.75) is 101 Å². The van der Waals surface area contributed by atoms with E-state index in [-0.39, 0.29) is 42.7 Å². The Labute approximate surface area is 212 Å². The zero-order chi connectivity index (χ0) is 24.3. The first-order valence-corrected chi connectivity index (χ1v) is 13.6. The number of fused-ring (bicyclic) bond motifs is 2. The number of para-hydroxylation sites is 1. The van der Waals surface area contributed by atoms with Crippen LogP contribution in [0.5, 0.6) is 5.75 Å². The predicted octanol–water partition coefficient (Wildman–Crippen LogP) is 4.04. The summed E-state index contributed by atoms with van der Waals surface area (Å²) in [5.74, 6) is 1.21. The van der Waals surface area contributed by atoms with Gasteiger partial charge in [-0.25, -0.2) is 0 Å². The molecule has 1 aliphatic carbocycles. The van der Waals surface area contributed by atoms with Crippen LogP contribution in [-0.2, 0) is 35.0 Å². The third-order valence-corrected chi connectivity index (χ3v) is 8.01. The highest BCUT2D eigenvalue weighted by Crippen LogP contribution is 2.45. The highest BCUT2D eigenvalue weighted by atomic mass is 16.7. The van der Waals surface area contributed by atoms with Gasteiger partial charge in [-0.15, -0.1) is 0 Å². The molecule has 5 aliphatic rings. The van der Waals surface area contributed by atoms with Gasteiger partial charge in [0.15, 0.2) is 18.9 Å². The third kappa shape index (κ3) is 5.65. The van der Waals surface area contributed by atoms with E-state index >= 15 is 0 Å². The minimum Gasteiger partial charge on any atom is -0.464 e. The van der Waals surface area contributed by atoms with Crippen LogP contribution < -0.4 is 4.74 Å². The van der Waals surface area contributed by atoms with Crippen LogP contribution >= 0.6 is 0 Å². The van der Waals surface area contributed by atoms with Crippen LogP contribution in [0.25, 0.3) is 0 Å². The summed E-state index contributed by atoms with van der Waals surface area (Å²) in [6.45, 7) is 1.98. The second-order valence-electron chi connectivity index (χ2n) is 10.5. The summed E-state index contributed by atoms with van der Waals surface area (Å²) in [5.41, 5.74) is 1.07. The fourth-order valence-corrected chi connectivity index (χ4v) is 6.18. The number of benzene rings is 1. The van der Waals surface area contributed by atoms with Crippen molar-refractivity contribution in [1.82, 2.24) is 0 Å². The summed E-state index contributed by atoms with van der Waals surface area (Å²) >= 11 is 0. The van der Waals surface area contributed by atoms with Crippen molar-refractivity contribution < 1.29 is 38.3 Å². The molecular formula is C28H38O8. The first-order valence-electron chi connectivity index (χ1n) is 13.6. The monoisotopic (exact) mass is 502 g/mol. The molecule has 0 bridgehead atoms. The molecule has 4 heterocycles. The molecule has 0 spiro atoms. The summed E-state index contributed by atoms with van der Waals surface area (Å²) in [6.07, 6.45) is 9.47. The number of ether oxygens (including phenoxy) is 7. The predicted molar refractivity (Wildman–Crippen MR) is 129 cm³/mol. The molecule has 8 nitrogen and oxygen atoms in total. The van der Waals surface area contributed by atoms with E-state index in [1.54, 1.807) is 0 Å². The van der Waals surface area contributed by atoms with Crippen LogP contribution in [0, 0.1) is 11.8 Å². The quantitative estimate of drug-likeness (QED) is 0.559. The number of hydrogen-bond acceptors (Lipinski definition) is 8. The molecular weight excluding hydrogens is 464 g/mol. The molecule has 1 aromatic rings. The van der Waals surface area contributed by atoms with E-state index < -0.39 is 12.6 Å².